The third-order valence-electron chi connectivity index (χ3n) is 3.24. The standard InChI is InChI=1S/C14H19ClN2O2/c15-12-3-1-2-11(8-12)4-6-16-14(19)10-17-7-5-13(18)9-17/h1-3,8,13,18H,4-7,9-10H2,(H,16,19). The SMILES string of the molecule is O=C(CN1CCC(O)C1)NCCc1cccc(Cl)c1. The fourth-order valence-corrected chi connectivity index (χ4v) is 2.47. The fourth-order valence-electron chi connectivity index (χ4n) is 2.25. The number of benzene rings is 1. The van der Waals surface area contributed by atoms with Gasteiger partial charge in [-0.25, -0.2) is 0 Å². The number of hydrogen-bond acceptors (Lipinski definition) is 3. The number of amides is 1. The number of hydrogen-bond donors (Lipinski definition) is 2. The molecular formula is C14H19ClN2O2. The molecule has 0 spiro atoms. The summed E-state index contributed by atoms with van der Waals surface area (Å²) in [4.78, 5) is 13.7. The van der Waals surface area contributed by atoms with E-state index < -0.39 is 0 Å². The molecule has 0 saturated carbocycles. The zero-order valence-electron chi connectivity index (χ0n) is 10.8. The van der Waals surface area contributed by atoms with Gasteiger partial charge >= 0.3 is 0 Å². The van der Waals surface area contributed by atoms with E-state index in [2.05, 4.69) is 5.32 Å². The van der Waals surface area contributed by atoms with Crippen LogP contribution in [-0.4, -0.2) is 48.2 Å². The van der Waals surface area contributed by atoms with E-state index in [0.29, 0.717) is 19.6 Å². The molecule has 1 unspecified atom stereocenters. The second-order valence-corrected chi connectivity index (χ2v) is 5.34. The Morgan fingerprint density at radius 1 is 1.53 bits per heavy atom. The lowest BCUT2D eigenvalue weighted by Crippen LogP contribution is -2.37. The normalized spacial score (nSPS) is 19.6. The lowest BCUT2D eigenvalue weighted by molar-refractivity contribution is -0.122. The number of aliphatic hydroxyl groups excluding tert-OH is 1. The van der Waals surface area contributed by atoms with Gasteiger partial charge in [0.25, 0.3) is 0 Å². The topological polar surface area (TPSA) is 52.6 Å². The van der Waals surface area contributed by atoms with Gasteiger partial charge in [0.2, 0.25) is 5.91 Å². The van der Waals surface area contributed by atoms with Crippen molar-refractivity contribution >= 4 is 17.5 Å². The Morgan fingerprint density at radius 2 is 2.37 bits per heavy atom. The molecule has 1 aromatic rings. The molecule has 1 heterocycles. The summed E-state index contributed by atoms with van der Waals surface area (Å²) in [6, 6.07) is 7.65. The van der Waals surface area contributed by atoms with Crippen LogP contribution < -0.4 is 5.32 Å². The van der Waals surface area contributed by atoms with Crippen molar-refractivity contribution < 1.29 is 9.90 Å². The fraction of sp³-hybridized carbons (Fsp3) is 0.500. The Morgan fingerprint density at radius 3 is 3.05 bits per heavy atom. The van der Waals surface area contributed by atoms with E-state index in [1.807, 2.05) is 29.2 Å². The summed E-state index contributed by atoms with van der Waals surface area (Å²) in [5.41, 5.74) is 1.12. The minimum absolute atomic E-state index is 0.0103. The highest BCUT2D eigenvalue weighted by molar-refractivity contribution is 6.30. The summed E-state index contributed by atoms with van der Waals surface area (Å²) in [5.74, 6) is 0.0103. The first kappa shape index (κ1) is 14.3. The number of aliphatic hydroxyl groups is 1. The molecule has 1 saturated heterocycles. The average molecular weight is 283 g/mol. The van der Waals surface area contributed by atoms with Crippen LogP contribution in [0.2, 0.25) is 5.02 Å². The van der Waals surface area contributed by atoms with E-state index in [9.17, 15) is 9.90 Å². The van der Waals surface area contributed by atoms with E-state index in [4.69, 9.17) is 11.6 Å². The van der Waals surface area contributed by atoms with Crippen LogP contribution >= 0.6 is 11.6 Å². The summed E-state index contributed by atoms with van der Waals surface area (Å²) in [6.45, 7) is 2.37. The third kappa shape index (κ3) is 4.82. The van der Waals surface area contributed by atoms with Crippen LogP contribution in [0.25, 0.3) is 0 Å². The van der Waals surface area contributed by atoms with E-state index in [1.165, 1.54) is 0 Å². The molecule has 1 aliphatic heterocycles. The number of β-amino-alcohol motifs (C(OH)–C–C–N with tert-alkyl or cyclic N) is 1. The molecule has 2 rings (SSSR count). The van der Waals surface area contributed by atoms with Crippen molar-refractivity contribution in [2.45, 2.75) is 18.9 Å². The maximum absolute atomic E-state index is 11.7. The third-order valence-corrected chi connectivity index (χ3v) is 3.47. The van der Waals surface area contributed by atoms with Gasteiger partial charge in [0, 0.05) is 24.7 Å². The number of carbonyl (C=O) groups is 1. The molecule has 0 aromatic heterocycles. The zero-order chi connectivity index (χ0) is 13.7. The number of nitrogens with zero attached hydrogens (tertiary/aromatic N) is 1. The van der Waals surface area contributed by atoms with Gasteiger partial charge in [-0.2, -0.15) is 0 Å². The van der Waals surface area contributed by atoms with Gasteiger partial charge < -0.3 is 10.4 Å². The number of likely N-dealkylation sites (tertiary alicyclic amines) is 1. The van der Waals surface area contributed by atoms with E-state index >= 15 is 0 Å². The van der Waals surface area contributed by atoms with Crippen molar-refractivity contribution in [3.63, 3.8) is 0 Å². The molecule has 4 nitrogen and oxygen atoms in total. The molecule has 1 fully saturated rings. The molecule has 5 heteroatoms. The highest BCUT2D eigenvalue weighted by Crippen LogP contribution is 2.10. The Kier molecular flexibility index (Phi) is 5.19. The van der Waals surface area contributed by atoms with Gasteiger partial charge in [0.05, 0.1) is 12.6 Å². The van der Waals surface area contributed by atoms with Crippen molar-refractivity contribution in [1.82, 2.24) is 10.2 Å². The van der Waals surface area contributed by atoms with Crippen LogP contribution in [0.1, 0.15) is 12.0 Å². The smallest absolute Gasteiger partial charge is 0.234 e. The molecule has 0 radical (unpaired) electrons. The first-order valence-electron chi connectivity index (χ1n) is 6.55. The second-order valence-electron chi connectivity index (χ2n) is 4.91. The van der Waals surface area contributed by atoms with E-state index in [1.54, 1.807) is 0 Å². The van der Waals surface area contributed by atoms with Crippen molar-refractivity contribution in [3.05, 3.63) is 34.9 Å². The molecule has 0 bridgehead atoms. The summed E-state index contributed by atoms with van der Waals surface area (Å²) < 4.78 is 0. The molecule has 0 aliphatic carbocycles. The first-order chi connectivity index (χ1) is 9.13. The van der Waals surface area contributed by atoms with Crippen LogP contribution in [-0.2, 0) is 11.2 Å². The molecule has 1 aromatic carbocycles. The molecular weight excluding hydrogens is 264 g/mol. The van der Waals surface area contributed by atoms with Crippen LogP contribution in [0, 0.1) is 0 Å². The van der Waals surface area contributed by atoms with Crippen molar-refractivity contribution in [2.24, 2.45) is 0 Å². The highest BCUT2D eigenvalue weighted by Gasteiger charge is 2.21. The summed E-state index contributed by atoms with van der Waals surface area (Å²) >= 11 is 5.90. The summed E-state index contributed by atoms with van der Waals surface area (Å²) in [7, 11) is 0. The Bertz CT molecular complexity index is 439. The largest absolute Gasteiger partial charge is 0.392 e. The van der Waals surface area contributed by atoms with Crippen LogP contribution in [0.3, 0.4) is 0 Å². The van der Waals surface area contributed by atoms with E-state index in [-0.39, 0.29) is 12.0 Å². The van der Waals surface area contributed by atoms with Crippen LogP contribution in [0.15, 0.2) is 24.3 Å². The predicted molar refractivity (Wildman–Crippen MR) is 75.2 cm³/mol. The maximum Gasteiger partial charge on any atom is 0.234 e. The van der Waals surface area contributed by atoms with Gasteiger partial charge in [-0.15, -0.1) is 0 Å². The first-order valence-corrected chi connectivity index (χ1v) is 6.93. The van der Waals surface area contributed by atoms with Crippen LogP contribution in [0.4, 0.5) is 0 Å². The maximum atomic E-state index is 11.7. The monoisotopic (exact) mass is 282 g/mol. The molecule has 104 valence electrons. The zero-order valence-corrected chi connectivity index (χ0v) is 11.6. The number of halogens is 1. The molecule has 1 atom stereocenters. The average Bonchev–Trinajstić information content (AvgIpc) is 2.75. The van der Waals surface area contributed by atoms with Gasteiger partial charge in [0.1, 0.15) is 0 Å². The summed E-state index contributed by atoms with van der Waals surface area (Å²) in [6.07, 6.45) is 1.25. The van der Waals surface area contributed by atoms with Gasteiger partial charge in [-0.3, -0.25) is 9.69 Å². The summed E-state index contributed by atoms with van der Waals surface area (Å²) in [5, 5.41) is 13.0. The van der Waals surface area contributed by atoms with Gasteiger partial charge in [-0.05, 0) is 30.5 Å². The molecule has 2 N–H and O–H groups in total. The van der Waals surface area contributed by atoms with E-state index in [0.717, 1.165) is 30.0 Å². The minimum atomic E-state index is -0.278. The number of carbonyl (C=O) groups excluding carboxylic acids is 1. The second kappa shape index (κ2) is 6.89. The highest BCUT2D eigenvalue weighted by atomic mass is 35.5. The Hall–Kier alpha value is -1.10. The number of rotatable bonds is 5. The quantitative estimate of drug-likeness (QED) is 0.849. The Labute approximate surface area is 118 Å². The van der Waals surface area contributed by atoms with Gasteiger partial charge in [-0.1, -0.05) is 23.7 Å². The lowest BCUT2D eigenvalue weighted by atomic mass is 10.1. The number of nitrogens with one attached hydrogen (secondary N) is 1. The lowest BCUT2D eigenvalue weighted by Gasteiger charge is -2.14. The van der Waals surface area contributed by atoms with Crippen LogP contribution in [0.5, 0.6) is 0 Å². The minimum Gasteiger partial charge on any atom is -0.392 e. The van der Waals surface area contributed by atoms with Crippen molar-refractivity contribution in [3.8, 4) is 0 Å². The molecule has 1 amide bonds. The van der Waals surface area contributed by atoms with Gasteiger partial charge in [0.15, 0.2) is 0 Å². The predicted octanol–water partition coefficient (Wildman–Crippen LogP) is 1.07. The molecule has 19 heavy (non-hydrogen) atoms. The van der Waals surface area contributed by atoms with Crippen molar-refractivity contribution in [1.29, 1.82) is 0 Å². The Balaban J connectivity index is 1.66. The molecule has 1 aliphatic rings. The van der Waals surface area contributed by atoms with Crippen molar-refractivity contribution in [2.75, 3.05) is 26.2 Å².